The van der Waals surface area contributed by atoms with Crippen molar-refractivity contribution >= 4 is 11.4 Å². The molecule has 1 aliphatic rings. The Hall–Kier alpha value is -3.36. The molecule has 0 aromatic heterocycles. The summed E-state index contributed by atoms with van der Waals surface area (Å²) in [5, 5.41) is 1.78. The van der Waals surface area contributed by atoms with E-state index in [0.717, 1.165) is 17.8 Å². The van der Waals surface area contributed by atoms with Gasteiger partial charge in [0, 0.05) is 6.42 Å². The van der Waals surface area contributed by atoms with Crippen LogP contribution in [-0.2, 0) is 6.42 Å². The normalized spacial score (nSPS) is 11.2. The van der Waals surface area contributed by atoms with Crippen LogP contribution in [0.2, 0.25) is 0 Å². The maximum Gasteiger partial charge on any atom is 0.0616 e. The van der Waals surface area contributed by atoms with Crippen LogP contribution in [0.15, 0.2) is 91.0 Å². The first-order chi connectivity index (χ1) is 14.5. The fraction of sp³-hybridized carbons (Fsp3) is 0.143. The van der Waals surface area contributed by atoms with E-state index < -0.39 is 0 Å². The van der Waals surface area contributed by atoms with E-state index >= 15 is 0 Å². The number of fused-ring (bicyclic) bond motifs is 3. The van der Waals surface area contributed by atoms with Crippen molar-refractivity contribution in [3.63, 3.8) is 0 Å². The second-order valence-electron chi connectivity index (χ2n) is 8.01. The number of benzene rings is 4. The van der Waals surface area contributed by atoms with Gasteiger partial charge in [-0.25, -0.2) is 5.84 Å². The molecular weight excluding hydrogens is 364 g/mol. The summed E-state index contributed by atoms with van der Waals surface area (Å²) >= 11 is 0. The number of anilines is 2. The molecule has 0 radical (unpaired) electrons. The molecule has 2 N–H and O–H groups in total. The lowest BCUT2D eigenvalue weighted by Crippen LogP contribution is -2.25. The van der Waals surface area contributed by atoms with Gasteiger partial charge in [0.2, 0.25) is 0 Å². The molecule has 0 atom stereocenters. The Labute approximate surface area is 179 Å². The molecule has 4 aromatic rings. The van der Waals surface area contributed by atoms with Gasteiger partial charge in [-0.15, -0.1) is 0 Å². The van der Waals surface area contributed by atoms with E-state index in [1.54, 1.807) is 5.01 Å². The molecule has 30 heavy (non-hydrogen) atoms. The molecule has 5 rings (SSSR count). The fourth-order valence-corrected chi connectivity index (χ4v) is 4.30. The van der Waals surface area contributed by atoms with Crippen LogP contribution < -0.4 is 10.9 Å². The number of nitrogens with two attached hydrogens (primary N) is 1. The first-order valence-corrected chi connectivity index (χ1v) is 10.4. The highest BCUT2D eigenvalue weighted by molar-refractivity contribution is 5.83. The summed E-state index contributed by atoms with van der Waals surface area (Å²) in [4.78, 5) is 0. The zero-order valence-electron chi connectivity index (χ0n) is 17.9. The smallest absolute Gasteiger partial charge is 0.0616 e. The third-order valence-corrected chi connectivity index (χ3v) is 5.49. The molecule has 2 nitrogen and oxygen atoms in total. The lowest BCUT2D eigenvalue weighted by atomic mass is 10.0. The van der Waals surface area contributed by atoms with E-state index in [2.05, 4.69) is 81.4 Å². The molecule has 4 aromatic carbocycles. The monoisotopic (exact) mass is 392 g/mol. The van der Waals surface area contributed by atoms with Crippen molar-refractivity contribution < 1.29 is 0 Å². The van der Waals surface area contributed by atoms with Crippen LogP contribution in [0, 0.1) is 20.8 Å². The van der Waals surface area contributed by atoms with Gasteiger partial charge in [0.05, 0.1) is 11.4 Å². The summed E-state index contributed by atoms with van der Waals surface area (Å²) in [6.45, 7) is 6.38. The minimum absolute atomic E-state index is 0.947. The highest BCUT2D eigenvalue weighted by atomic mass is 15.4. The Balaban J connectivity index is 0.000000204. The van der Waals surface area contributed by atoms with Crippen LogP contribution in [-0.4, -0.2) is 0 Å². The Kier molecular flexibility index (Phi) is 5.69. The van der Waals surface area contributed by atoms with E-state index in [-0.39, 0.29) is 0 Å². The van der Waals surface area contributed by atoms with Crippen LogP contribution in [0.5, 0.6) is 0 Å². The highest BCUT2D eigenvalue weighted by Gasteiger charge is 2.22. The van der Waals surface area contributed by atoms with Gasteiger partial charge < -0.3 is 0 Å². The van der Waals surface area contributed by atoms with Gasteiger partial charge in [0.15, 0.2) is 0 Å². The molecule has 1 aliphatic carbocycles. The molecule has 0 aliphatic heterocycles. The first-order valence-electron chi connectivity index (χ1n) is 10.4. The van der Waals surface area contributed by atoms with Gasteiger partial charge in [-0.2, -0.15) is 0 Å². The average Bonchev–Trinajstić information content (AvgIpc) is 3.12. The summed E-state index contributed by atoms with van der Waals surface area (Å²) in [7, 11) is 0. The molecule has 150 valence electrons. The Morgan fingerprint density at radius 3 is 1.87 bits per heavy atom. The van der Waals surface area contributed by atoms with Gasteiger partial charge in [0.1, 0.15) is 0 Å². The zero-order valence-corrected chi connectivity index (χ0v) is 17.9. The molecule has 0 bridgehead atoms. The molecule has 0 saturated heterocycles. The molecule has 0 amide bonds. The predicted octanol–water partition coefficient (Wildman–Crippen LogP) is 6.88. The van der Waals surface area contributed by atoms with Crippen molar-refractivity contribution in [1.29, 1.82) is 0 Å². The standard InChI is InChI=1S/C19H16N2.C9H12/c20-21(15-8-2-1-3-9-15)19-12-6-11-17-16-10-5-4-7-14(16)13-18(17)19;1-7-4-8(2)6-9(3)5-7/h1-12H,13,20H2;4-6H,1-3H3. The second-order valence-corrected chi connectivity index (χ2v) is 8.01. The van der Waals surface area contributed by atoms with Crippen LogP contribution in [0.25, 0.3) is 11.1 Å². The zero-order chi connectivity index (χ0) is 21.1. The van der Waals surface area contributed by atoms with E-state index in [4.69, 9.17) is 5.84 Å². The fourth-order valence-electron chi connectivity index (χ4n) is 4.30. The van der Waals surface area contributed by atoms with Crippen LogP contribution in [0.1, 0.15) is 27.8 Å². The van der Waals surface area contributed by atoms with Crippen LogP contribution >= 0.6 is 0 Å². The third kappa shape index (κ3) is 4.14. The van der Waals surface area contributed by atoms with Gasteiger partial charge in [-0.3, -0.25) is 5.01 Å². The second kappa shape index (κ2) is 8.56. The third-order valence-electron chi connectivity index (χ3n) is 5.49. The summed E-state index contributed by atoms with van der Waals surface area (Å²) < 4.78 is 0. The van der Waals surface area contributed by atoms with Crippen molar-refractivity contribution in [3.8, 4) is 11.1 Å². The van der Waals surface area contributed by atoms with Crippen LogP contribution in [0.3, 0.4) is 0 Å². The minimum atomic E-state index is 0.947. The molecule has 0 unspecified atom stereocenters. The van der Waals surface area contributed by atoms with E-state index in [1.807, 2.05) is 30.3 Å². The Morgan fingerprint density at radius 1 is 0.633 bits per heavy atom. The summed E-state index contributed by atoms with van der Waals surface area (Å²) in [5.74, 6) is 6.36. The number of nitrogens with zero attached hydrogens (tertiary/aromatic N) is 1. The topological polar surface area (TPSA) is 29.3 Å². The van der Waals surface area contributed by atoms with Gasteiger partial charge in [-0.05, 0) is 61.2 Å². The largest absolute Gasteiger partial charge is 0.279 e. The van der Waals surface area contributed by atoms with Crippen molar-refractivity contribution in [3.05, 3.63) is 119 Å². The number of hydrazine groups is 1. The summed E-state index contributed by atoms with van der Waals surface area (Å²) in [6, 6.07) is 31.6. The molecule has 0 saturated carbocycles. The number of rotatable bonds is 2. The first kappa shape index (κ1) is 19.9. The quantitative estimate of drug-likeness (QED) is 0.262. The molecule has 0 heterocycles. The van der Waals surface area contributed by atoms with E-state index in [0.29, 0.717) is 0 Å². The number of aryl methyl sites for hydroxylation is 3. The Bertz CT molecular complexity index is 1110. The SMILES string of the molecule is Cc1cc(C)cc(C)c1.NN(c1ccccc1)c1cccc2c1Cc1ccccc1-2. The van der Waals surface area contributed by atoms with E-state index in [9.17, 15) is 0 Å². The lowest BCUT2D eigenvalue weighted by molar-refractivity contribution is 1.06. The van der Waals surface area contributed by atoms with Crippen molar-refractivity contribution in [2.45, 2.75) is 27.2 Å². The maximum absolute atomic E-state index is 6.36. The van der Waals surface area contributed by atoms with Crippen molar-refractivity contribution in [2.75, 3.05) is 5.01 Å². The molecule has 0 fully saturated rings. The number of hydrogen-bond donors (Lipinski definition) is 1. The molecule has 0 spiro atoms. The number of hydrogen-bond acceptors (Lipinski definition) is 2. The molecule has 2 heteroatoms. The van der Waals surface area contributed by atoms with Gasteiger partial charge in [-0.1, -0.05) is 89.5 Å². The number of para-hydroxylation sites is 1. The van der Waals surface area contributed by atoms with Gasteiger partial charge >= 0.3 is 0 Å². The summed E-state index contributed by atoms with van der Waals surface area (Å²) in [5.41, 5.74) is 11.5. The minimum Gasteiger partial charge on any atom is -0.279 e. The van der Waals surface area contributed by atoms with Crippen molar-refractivity contribution in [2.24, 2.45) is 5.84 Å². The lowest BCUT2D eigenvalue weighted by Gasteiger charge is -2.21. The van der Waals surface area contributed by atoms with E-state index in [1.165, 1.54) is 38.9 Å². The highest BCUT2D eigenvalue weighted by Crippen LogP contribution is 2.41. The summed E-state index contributed by atoms with van der Waals surface area (Å²) in [6.07, 6.45) is 0.947. The molecular formula is C28H28N2. The van der Waals surface area contributed by atoms with Gasteiger partial charge in [0.25, 0.3) is 0 Å². The Morgan fingerprint density at radius 2 is 1.20 bits per heavy atom. The van der Waals surface area contributed by atoms with Crippen LogP contribution in [0.4, 0.5) is 11.4 Å². The predicted molar refractivity (Wildman–Crippen MR) is 128 cm³/mol. The average molecular weight is 393 g/mol. The van der Waals surface area contributed by atoms with Crippen molar-refractivity contribution in [1.82, 2.24) is 0 Å². The maximum atomic E-state index is 6.36.